The number of ether oxygens (including phenoxy) is 1. The molecule has 0 aliphatic heterocycles. The monoisotopic (exact) mass is 407 g/mol. The summed E-state index contributed by atoms with van der Waals surface area (Å²) in [4.78, 5) is 27.7. The topological polar surface area (TPSA) is 80.3 Å². The molecule has 7 heteroatoms. The van der Waals surface area contributed by atoms with Crippen LogP contribution >= 0.6 is 11.6 Å². The summed E-state index contributed by atoms with van der Waals surface area (Å²) in [6.07, 6.45) is 4.57. The Hall–Kier alpha value is -3.64. The van der Waals surface area contributed by atoms with E-state index in [0.717, 1.165) is 5.56 Å². The van der Waals surface area contributed by atoms with Crippen LogP contribution in [0.3, 0.4) is 0 Å². The molecule has 0 radical (unpaired) electrons. The van der Waals surface area contributed by atoms with E-state index >= 15 is 0 Å². The van der Waals surface area contributed by atoms with Crippen LogP contribution in [0.2, 0.25) is 5.02 Å². The molecule has 3 rings (SSSR count). The van der Waals surface area contributed by atoms with Gasteiger partial charge in [-0.3, -0.25) is 14.6 Å². The van der Waals surface area contributed by atoms with Crippen molar-refractivity contribution in [3.63, 3.8) is 0 Å². The minimum Gasteiger partial charge on any atom is -0.457 e. The first kappa shape index (κ1) is 20.1. The van der Waals surface area contributed by atoms with E-state index in [1.807, 2.05) is 18.2 Å². The summed E-state index contributed by atoms with van der Waals surface area (Å²) in [5.74, 6) is 0.475. The molecule has 0 saturated carbocycles. The lowest BCUT2D eigenvalue weighted by atomic mass is 10.2. The third-order valence-electron chi connectivity index (χ3n) is 3.87. The van der Waals surface area contributed by atoms with Crippen molar-refractivity contribution >= 4 is 35.2 Å². The van der Waals surface area contributed by atoms with Crippen LogP contribution in [0.1, 0.15) is 16.1 Å². The molecule has 0 aliphatic rings. The fourth-order valence-corrected chi connectivity index (χ4v) is 2.63. The molecule has 0 spiro atoms. The summed E-state index contributed by atoms with van der Waals surface area (Å²) in [5, 5.41) is 5.86. The number of pyridine rings is 1. The van der Waals surface area contributed by atoms with Gasteiger partial charge in [0.2, 0.25) is 5.91 Å². The zero-order chi connectivity index (χ0) is 20.6. The Morgan fingerprint density at radius 2 is 1.79 bits per heavy atom. The van der Waals surface area contributed by atoms with Crippen molar-refractivity contribution in [3.8, 4) is 11.5 Å². The Labute approximate surface area is 173 Å². The van der Waals surface area contributed by atoms with Gasteiger partial charge in [0.15, 0.2) is 0 Å². The lowest BCUT2D eigenvalue weighted by Crippen LogP contribution is -2.18. The highest BCUT2D eigenvalue weighted by Gasteiger charge is 2.07. The number of halogens is 1. The zero-order valence-electron chi connectivity index (χ0n) is 15.6. The second-order valence-electron chi connectivity index (χ2n) is 5.93. The number of rotatable bonds is 6. The molecule has 0 unspecified atom stereocenters. The Morgan fingerprint density at radius 1 is 1.03 bits per heavy atom. The van der Waals surface area contributed by atoms with E-state index in [1.165, 1.54) is 19.3 Å². The SMILES string of the molecule is CNC(=O)c1cc(Oc2ccc(NC(=O)/C=C/c3ccccc3Cl)cc2)ccn1. The highest BCUT2D eigenvalue weighted by molar-refractivity contribution is 6.32. The smallest absolute Gasteiger partial charge is 0.269 e. The van der Waals surface area contributed by atoms with Crippen molar-refractivity contribution in [1.82, 2.24) is 10.3 Å². The van der Waals surface area contributed by atoms with E-state index in [2.05, 4.69) is 15.6 Å². The van der Waals surface area contributed by atoms with E-state index in [-0.39, 0.29) is 17.5 Å². The highest BCUT2D eigenvalue weighted by Crippen LogP contribution is 2.23. The van der Waals surface area contributed by atoms with Crippen molar-refractivity contribution < 1.29 is 14.3 Å². The number of carbonyl (C=O) groups excluding carboxylic acids is 2. The van der Waals surface area contributed by atoms with E-state index < -0.39 is 0 Å². The summed E-state index contributed by atoms with van der Waals surface area (Å²) >= 11 is 6.06. The van der Waals surface area contributed by atoms with Crippen LogP contribution in [-0.2, 0) is 4.79 Å². The second-order valence-corrected chi connectivity index (χ2v) is 6.33. The summed E-state index contributed by atoms with van der Waals surface area (Å²) in [7, 11) is 1.54. The number of hydrogen-bond donors (Lipinski definition) is 2. The average molecular weight is 408 g/mol. The summed E-state index contributed by atoms with van der Waals surface area (Å²) in [6.45, 7) is 0. The van der Waals surface area contributed by atoms with Crippen LogP contribution < -0.4 is 15.4 Å². The Kier molecular flexibility index (Phi) is 6.60. The molecular weight excluding hydrogens is 390 g/mol. The van der Waals surface area contributed by atoms with Crippen LogP contribution in [0.25, 0.3) is 6.08 Å². The van der Waals surface area contributed by atoms with Crippen LogP contribution in [0.15, 0.2) is 72.9 Å². The third-order valence-corrected chi connectivity index (χ3v) is 4.21. The molecule has 2 aromatic carbocycles. The number of hydrogen-bond acceptors (Lipinski definition) is 4. The van der Waals surface area contributed by atoms with Crippen molar-refractivity contribution in [2.45, 2.75) is 0 Å². The molecule has 29 heavy (non-hydrogen) atoms. The predicted octanol–water partition coefficient (Wildman–Crippen LogP) is 4.54. The second kappa shape index (κ2) is 9.52. The Bertz CT molecular complexity index is 1050. The van der Waals surface area contributed by atoms with Crippen LogP contribution in [0.4, 0.5) is 5.69 Å². The van der Waals surface area contributed by atoms with Crippen molar-refractivity contribution in [2.24, 2.45) is 0 Å². The standard InChI is InChI=1S/C22H18ClN3O3/c1-24-22(28)20-14-18(12-13-25-20)29-17-9-7-16(8-10-17)26-21(27)11-6-15-4-2-3-5-19(15)23/h2-14H,1H3,(H,24,28)(H,26,27)/b11-6+. The molecule has 146 valence electrons. The van der Waals surface area contributed by atoms with Gasteiger partial charge >= 0.3 is 0 Å². The fourth-order valence-electron chi connectivity index (χ4n) is 2.43. The summed E-state index contributed by atoms with van der Waals surface area (Å²) < 4.78 is 5.73. The largest absolute Gasteiger partial charge is 0.457 e. The Balaban J connectivity index is 1.61. The van der Waals surface area contributed by atoms with E-state index in [0.29, 0.717) is 22.2 Å². The number of nitrogens with one attached hydrogen (secondary N) is 2. The molecule has 0 fully saturated rings. The van der Waals surface area contributed by atoms with E-state index in [9.17, 15) is 9.59 Å². The third kappa shape index (κ3) is 5.67. The van der Waals surface area contributed by atoms with Crippen molar-refractivity contribution in [2.75, 3.05) is 12.4 Å². The van der Waals surface area contributed by atoms with Gasteiger partial charge in [-0.25, -0.2) is 0 Å². The van der Waals surface area contributed by atoms with E-state index in [1.54, 1.807) is 48.5 Å². The molecule has 2 amide bonds. The molecule has 3 aromatic rings. The molecule has 0 aliphatic carbocycles. The van der Waals surface area contributed by atoms with Gasteiger partial charge in [0, 0.05) is 36.1 Å². The van der Waals surface area contributed by atoms with Crippen molar-refractivity contribution in [3.05, 3.63) is 89.2 Å². The fraction of sp³-hybridized carbons (Fsp3) is 0.0455. The van der Waals surface area contributed by atoms with Gasteiger partial charge in [0.25, 0.3) is 5.91 Å². The molecule has 0 bridgehead atoms. The first-order valence-electron chi connectivity index (χ1n) is 8.75. The molecule has 1 heterocycles. The van der Waals surface area contributed by atoms with Gasteiger partial charge in [-0.15, -0.1) is 0 Å². The van der Waals surface area contributed by atoms with Crippen molar-refractivity contribution in [1.29, 1.82) is 0 Å². The molecule has 0 saturated heterocycles. The molecule has 2 N–H and O–H groups in total. The average Bonchev–Trinajstić information content (AvgIpc) is 2.74. The van der Waals surface area contributed by atoms with Gasteiger partial charge in [0.1, 0.15) is 17.2 Å². The minimum absolute atomic E-state index is 0.263. The van der Waals surface area contributed by atoms with Gasteiger partial charge in [0.05, 0.1) is 0 Å². The molecule has 1 aromatic heterocycles. The van der Waals surface area contributed by atoms with E-state index in [4.69, 9.17) is 16.3 Å². The van der Waals surface area contributed by atoms with Crippen LogP contribution in [-0.4, -0.2) is 23.8 Å². The number of aromatic nitrogens is 1. The number of nitrogens with zero attached hydrogens (tertiary/aromatic N) is 1. The highest BCUT2D eigenvalue weighted by atomic mass is 35.5. The summed E-state index contributed by atoms with van der Waals surface area (Å²) in [5.41, 5.74) is 1.65. The summed E-state index contributed by atoms with van der Waals surface area (Å²) in [6, 6.07) is 17.3. The zero-order valence-corrected chi connectivity index (χ0v) is 16.3. The number of amides is 2. The maximum atomic E-state index is 12.1. The quantitative estimate of drug-likeness (QED) is 0.588. The first-order valence-corrected chi connectivity index (χ1v) is 9.12. The predicted molar refractivity (Wildman–Crippen MR) is 113 cm³/mol. The molecule has 0 atom stereocenters. The number of anilines is 1. The van der Waals surface area contributed by atoms with Crippen LogP contribution in [0.5, 0.6) is 11.5 Å². The normalized spacial score (nSPS) is 10.6. The molecule has 6 nitrogen and oxygen atoms in total. The lowest BCUT2D eigenvalue weighted by Gasteiger charge is -2.08. The van der Waals surface area contributed by atoms with Gasteiger partial charge in [-0.05, 0) is 48.0 Å². The first-order chi connectivity index (χ1) is 14.0. The maximum Gasteiger partial charge on any atom is 0.269 e. The minimum atomic E-state index is -0.293. The van der Waals surface area contributed by atoms with Gasteiger partial charge in [-0.2, -0.15) is 0 Å². The maximum absolute atomic E-state index is 12.1. The Morgan fingerprint density at radius 3 is 2.52 bits per heavy atom. The van der Waals surface area contributed by atoms with Gasteiger partial charge in [-0.1, -0.05) is 29.8 Å². The number of carbonyl (C=O) groups is 2. The van der Waals surface area contributed by atoms with Gasteiger partial charge < -0.3 is 15.4 Å². The molecular formula is C22H18ClN3O3. The van der Waals surface area contributed by atoms with Crippen LogP contribution in [0, 0.1) is 0 Å². The lowest BCUT2D eigenvalue weighted by molar-refractivity contribution is -0.111. The number of benzene rings is 2.